The molecule has 1 aliphatic rings. The Morgan fingerprint density at radius 1 is 1.21 bits per heavy atom. The number of benzene rings is 2. The van der Waals surface area contributed by atoms with Crippen molar-refractivity contribution in [2.75, 3.05) is 31.6 Å². The Bertz CT molecular complexity index is 1070. The normalized spacial score (nSPS) is 15.7. The first kappa shape index (κ1) is 19.7. The Kier molecular flexibility index (Phi) is 5.47. The van der Waals surface area contributed by atoms with Crippen LogP contribution >= 0.6 is 0 Å². The van der Waals surface area contributed by atoms with Gasteiger partial charge >= 0.3 is 0 Å². The van der Waals surface area contributed by atoms with Crippen LogP contribution in [-0.2, 0) is 10.0 Å². The van der Waals surface area contributed by atoms with Crippen molar-refractivity contribution >= 4 is 27.1 Å². The maximum Gasteiger partial charge on any atom is 0.298 e. The molecule has 2 heterocycles. The third-order valence-corrected chi connectivity index (χ3v) is 6.78. The van der Waals surface area contributed by atoms with Crippen LogP contribution in [0.4, 0.5) is 6.01 Å². The van der Waals surface area contributed by atoms with E-state index in [1.807, 2.05) is 37.3 Å². The zero-order valence-electron chi connectivity index (χ0n) is 16.6. The molecule has 1 saturated heterocycles. The fourth-order valence-corrected chi connectivity index (χ4v) is 4.99. The number of sulfonamides is 1. The number of nitrogens with one attached hydrogen (secondary N) is 1. The molecule has 1 aromatic heterocycles. The van der Waals surface area contributed by atoms with Crippen molar-refractivity contribution in [3.05, 3.63) is 48.0 Å². The summed E-state index contributed by atoms with van der Waals surface area (Å²) in [5, 5.41) is 0. The van der Waals surface area contributed by atoms with E-state index in [1.54, 1.807) is 12.1 Å². The van der Waals surface area contributed by atoms with Gasteiger partial charge in [-0.25, -0.2) is 13.1 Å². The molecular weight excluding hydrogens is 390 g/mol. The molecule has 154 valence electrons. The Balaban J connectivity index is 1.37. The van der Waals surface area contributed by atoms with Crippen LogP contribution in [0.3, 0.4) is 0 Å². The van der Waals surface area contributed by atoms with Crippen molar-refractivity contribution in [1.29, 1.82) is 0 Å². The van der Waals surface area contributed by atoms with Crippen molar-refractivity contribution in [3.63, 3.8) is 0 Å². The van der Waals surface area contributed by atoms with Gasteiger partial charge in [-0.05, 0) is 55.5 Å². The second-order valence-corrected chi connectivity index (χ2v) is 9.14. The molecule has 1 N–H and O–H groups in total. The molecule has 1 aliphatic heterocycles. The van der Waals surface area contributed by atoms with Crippen LogP contribution in [0.5, 0.6) is 5.75 Å². The van der Waals surface area contributed by atoms with Gasteiger partial charge in [-0.15, -0.1) is 0 Å². The second-order valence-electron chi connectivity index (χ2n) is 7.40. The quantitative estimate of drug-likeness (QED) is 0.665. The summed E-state index contributed by atoms with van der Waals surface area (Å²) in [6, 6.07) is 13.5. The molecule has 0 bridgehead atoms. The van der Waals surface area contributed by atoms with Crippen LogP contribution in [0.2, 0.25) is 0 Å². The second kappa shape index (κ2) is 8.04. The van der Waals surface area contributed by atoms with Crippen LogP contribution in [0, 0.1) is 12.8 Å². The molecule has 0 amide bonds. The van der Waals surface area contributed by atoms with E-state index in [9.17, 15) is 8.42 Å². The molecular formula is C21H25N3O4S. The first-order valence-corrected chi connectivity index (χ1v) is 11.2. The number of aryl methyl sites for hydroxylation is 1. The number of rotatable bonds is 6. The highest BCUT2D eigenvalue weighted by molar-refractivity contribution is 7.89. The maximum atomic E-state index is 12.8. The fraction of sp³-hybridized carbons (Fsp3) is 0.381. The van der Waals surface area contributed by atoms with Gasteiger partial charge in [-0.3, -0.25) is 0 Å². The van der Waals surface area contributed by atoms with Gasteiger partial charge in [0.1, 0.15) is 16.2 Å². The van der Waals surface area contributed by atoms with E-state index < -0.39 is 10.0 Å². The smallest absolute Gasteiger partial charge is 0.298 e. The van der Waals surface area contributed by atoms with Crippen LogP contribution in [0.25, 0.3) is 11.1 Å². The van der Waals surface area contributed by atoms with Crippen molar-refractivity contribution < 1.29 is 17.6 Å². The summed E-state index contributed by atoms with van der Waals surface area (Å²) in [6.07, 6.45) is 1.73. The number of methoxy groups -OCH3 is 1. The van der Waals surface area contributed by atoms with Crippen molar-refractivity contribution in [2.24, 2.45) is 5.92 Å². The molecule has 0 saturated carbocycles. The maximum absolute atomic E-state index is 12.8. The van der Waals surface area contributed by atoms with Gasteiger partial charge in [0.2, 0.25) is 10.0 Å². The number of anilines is 1. The molecule has 0 atom stereocenters. The van der Waals surface area contributed by atoms with E-state index in [0.29, 0.717) is 18.3 Å². The van der Waals surface area contributed by atoms with Gasteiger partial charge in [0, 0.05) is 19.6 Å². The Hall–Kier alpha value is -2.58. The zero-order chi connectivity index (χ0) is 20.4. The third-order valence-electron chi connectivity index (χ3n) is 5.34. The number of ether oxygens (including phenoxy) is 1. The van der Waals surface area contributed by atoms with Crippen LogP contribution in [0.1, 0.15) is 18.4 Å². The molecule has 0 unspecified atom stereocenters. The number of piperidine rings is 1. The molecule has 2 aromatic carbocycles. The lowest BCUT2D eigenvalue weighted by molar-refractivity contribution is 0.385. The molecule has 29 heavy (non-hydrogen) atoms. The molecule has 0 aliphatic carbocycles. The summed E-state index contributed by atoms with van der Waals surface area (Å²) in [5.74, 6) is 0.620. The summed E-state index contributed by atoms with van der Waals surface area (Å²) >= 11 is 0. The summed E-state index contributed by atoms with van der Waals surface area (Å²) < 4.78 is 39.4. The summed E-state index contributed by atoms with van der Waals surface area (Å²) in [4.78, 5) is 6.85. The number of hydrogen-bond donors (Lipinski definition) is 1. The van der Waals surface area contributed by atoms with Crippen LogP contribution < -0.4 is 14.4 Å². The van der Waals surface area contributed by atoms with E-state index in [-0.39, 0.29) is 10.8 Å². The van der Waals surface area contributed by atoms with E-state index in [0.717, 1.165) is 42.6 Å². The summed E-state index contributed by atoms with van der Waals surface area (Å²) in [6.45, 7) is 3.83. The van der Waals surface area contributed by atoms with Crippen LogP contribution in [0.15, 0.2) is 51.8 Å². The monoisotopic (exact) mass is 415 g/mol. The number of fused-ring (bicyclic) bond motifs is 1. The Labute approximate surface area is 170 Å². The van der Waals surface area contributed by atoms with E-state index in [2.05, 4.69) is 14.6 Å². The predicted molar refractivity (Wildman–Crippen MR) is 112 cm³/mol. The average molecular weight is 416 g/mol. The highest BCUT2D eigenvalue weighted by Crippen LogP contribution is 2.27. The lowest BCUT2D eigenvalue weighted by Crippen LogP contribution is -2.38. The minimum absolute atomic E-state index is 0.184. The first-order chi connectivity index (χ1) is 14.0. The SMILES string of the molecule is COc1ccc(C)cc1S(=O)(=O)NCC1CCN(c2nc3ccccc3o2)CC1. The number of aromatic nitrogens is 1. The minimum atomic E-state index is -3.63. The van der Waals surface area contributed by atoms with E-state index in [1.165, 1.54) is 7.11 Å². The highest BCUT2D eigenvalue weighted by Gasteiger charge is 2.25. The lowest BCUT2D eigenvalue weighted by atomic mass is 9.97. The molecule has 0 spiro atoms. The fourth-order valence-electron chi connectivity index (χ4n) is 3.62. The molecule has 3 aromatic rings. The van der Waals surface area contributed by atoms with Gasteiger partial charge in [0.05, 0.1) is 7.11 Å². The van der Waals surface area contributed by atoms with Gasteiger partial charge in [0.25, 0.3) is 6.01 Å². The van der Waals surface area contributed by atoms with Gasteiger partial charge in [-0.2, -0.15) is 4.98 Å². The van der Waals surface area contributed by atoms with E-state index >= 15 is 0 Å². The van der Waals surface area contributed by atoms with Crippen molar-refractivity contribution in [3.8, 4) is 5.75 Å². The largest absolute Gasteiger partial charge is 0.495 e. The third kappa shape index (κ3) is 4.23. The molecule has 7 nitrogen and oxygen atoms in total. The first-order valence-electron chi connectivity index (χ1n) is 9.71. The van der Waals surface area contributed by atoms with Crippen molar-refractivity contribution in [2.45, 2.75) is 24.7 Å². The molecule has 1 fully saturated rings. The summed E-state index contributed by atoms with van der Waals surface area (Å²) in [5.41, 5.74) is 2.51. The number of para-hydroxylation sites is 2. The van der Waals surface area contributed by atoms with Gasteiger partial charge in [-0.1, -0.05) is 18.2 Å². The summed E-state index contributed by atoms with van der Waals surface area (Å²) in [7, 11) is -2.15. The van der Waals surface area contributed by atoms with Gasteiger partial charge in [0.15, 0.2) is 5.58 Å². The topological polar surface area (TPSA) is 84.7 Å². The van der Waals surface area contributed by atoms with Crippen LogP contribution in [-0.4, -0.2) is 40.1 Å². The predicted octanol–water partition coefficient (Wildman–Crippen LogP) is 3.34. The van der Waals surface area contributed by atoms with Crippen molar-refractivity contribution in [1.82, 2.24) is 9.71 Å². The number of hydrogen-bond acceptors (Lipinski definition) is 6. The average Bonchev–Trinajstić information content (AvgIpc) is 3.17. The highest BCUT2D eigenvalue weighted by atomic mass is 32.2. The minimum Gasteiger partial charge on any atom is -0.495 e. The number of oxazole rings is 1. The molecule has 4 rings (SSSR count). The molecule has 0 radical (unpaired) electrons. The zero-order valence-corrected chi connectivity index (χ0v) is 17.4. The standard InChI is InChI=1S/C21H25N3O4S/c1-15-7-8-19(27-2)20(13-15)29(25,26)22-14-16-9-11-24(12-10-16)21-23-17-5-3-4-6-18(17)28-21/h3-8,13,16,22H,9-12,14H2,1-2H3. The lowest BCUT2D eigenvalue weighted by Gasteiger charge is -2.30. The molecule has 8 heteroatoms. The van der Waals surface area contributed by atoms with E-state index in [4.69, 9.17) is 9.15 Å². The Morgan fingerprint density at radius 3 is 2.69 bits per heavy atom. The van der Waals surface area contributed by atoms with Gasteiger partial charge < -0.3 is 14.1 Å². The number of nitrogens with zero attached hydrogens (tertiary/aromatic N) is 2. The Morgan fingerprint density at radius 2 is 1.97 bits per heavy atom.